The number of morpholine rings is 1. The zero-order chi connectivity index (χ0) is 16.0. The van der Waals surface area contributed by atoms with Crippen LogP contribution in [0, 0.1) is 0 Å². The maximum absolute atomic E-state index is 11.7. The van der Waals surface area contributed by atoms with E-state index in [1.807, 2.05) is 0 Å². The van der Waals surface area contributed by atoms with Crippen LogP contribution in [-0.4, -0.2) is 42.4 Å². The third-order valence-corrected chi connectivity index (χ3v) is 5.76. The van der Waals surface area contributed by atoms with E-state index in [0.717, 1.165) is 31.1 Å². The minimum atomic E-state index is -0.433. The summed E-state index contributed by atoms with van der Waals surface area (Å²) in [7, 11) is 1.35. The predicted octanol–water partition coefficient (Wildman–Crippen LogP) is 3.51. The second kappa shape index (κ2) is 5.65. The molecule has 0 amide bonds. The Balaban J connectivity index is 1.89. The van der Waals surface area contributed by atoms with Gasteiger partial charge in [0.1, 0.15) is 0 Å². The Hall–Kier alpha value is -0.850. The van der Waals surface area contributed by atoms with Gasteiger partial charge in [-0.2, -0.15) is 0 Å². The summed E-state index contributed by atoms with van der Waals surface area (Å²) < 4.78 is 11.1. The van der Waals surface area contributed by atoms with Gasteiger partial charge in [-0.05, 0) is 26.7 Å². The fourth-order valence-corrected chi connectivity index (χ4v) is 4.77. The smallest absolute Gasteiger partial charge is 0.351 e. The van der Waals surface area contributed by atoms with Crippen LogP contribution in [0.3, 0.4) is 0 Å². The summed E-state index contributed by atoms with van der Waals surface area (Å²) in [4.78, 5) is 18.7. The molecular weight excluding hydrogens is 324 g/mol. The molecule has 5 nitrogen and oxygen atoms in total. The lowest BCUT2D eigenvalue weighted by Crippen LogP contribution is -2.58. The molecule has 0 radical (unpaired) electrons. The van der Waals surface area contributed by atoms with E-state index in [9.17, 15) is 4.79 Å². The molecule has 2 fully saturated rings. The summed E-state index contributed by atoms with van der Waals surface area (Å²) >= 11 is 7.39. The van der Waals surface area contributed by atoms with Gasteiger partial charge >= 0.3 is 5.97 Å². The zero-order valence-electron chi connectivity index (χ0n) is 13.1. The molecule has 0 atom stereocenters. The Morgan fingerprint density at radius 3 is 2.68 bits per heavy atom. The number of ether oxygens (including phenoxy) is 2. The van der Waals surface area contributed by atoms with Crippen LogP contribution in [0.2, 0.25) is 5.15 Å². The van der Waals surface area contributed by atoms with Crippen molar-refractivity contribution in [3.05, 3.63) is 10.0 Å². The van der Waals surface area contributed by atoms with Gasteiger partial charge in [-0.25, -0.2) is 9.78 Å². The highest BCUT2D eigenvalue weighted by Crippen LogP contribution is 2.43. The average molecular weight is 345 g/mol. The topological polar surface area (TPSA) is 51.7 Å². The van der Waals surface area contributed by atoms with Crippen molar-refractivity contribution in [3.63, 3.8) is 0 Å². The summed E-state index contributed by atoms with van der Waals surface area (Å²) in [5, 5.41) is 0.990. The van der Waals surface area contributed by atoms with Crippen LogP contribution < -0.4 is 4.90 Å². The summed E-state index contributed by atoms with van der Waals surface area (Å²) in [6, 6.07) is 0. The van der Waals surface area contributed by atoms with Gasteiger partial charge in [-0.1, -0.05) is 35.8 Å². The van der Waals surface area contributed by atoms with Gasteiger partial charge in [-0.3, -0.25) is 0 Å². The lowest BCUT2D eigenvalue weighted by atomic mass is 9.94. The molecule has 0 bridgehead atoms. The zero-order valence-corrected chi connectivity index (χ0v) is 14.7. The first-order valence-corrected chi connectivity index (χ1v) is 8.73. The van der Waals surface area contributed by atoms with Crippen LogP contribution >= 0.6 is 22.9 Å². The maximum Gasteiger partial charge on any atom is 0.351 e. The van der Waals surface area contributed by atoms with Crippen molar-refractivity contribution in [1.29, 1.82) is 0 Å². The van der Waals surface area contributed by atoms with Crippen molar-refractivity contribution >= 4 is 34.0 Å². The number of anilines is 1. The summed E-state index contributed by atoms with van der Waals surface area (Å²) in [5.74, 6) is -0.433. The first-order chi connectivity index (χ1) is 10.3. The van der Waals surface area contributed by atoms with E-state index in [0.29, 0.717) is 4.88 Å². The van der Waals surface area contributed by atoms with Crippen LogP contribution in [0.1, 0.15) is 49.2 Å². The van der Waals surface area contributed by atoms with Crippen LogP contribution in [0.25, 0.3) is 0 Å². The Bertz CT molecular complexity index is 581. The summed E-state index contributed by atoms with van der Waals surface area (Å²) in [5.41, 5.74) is -0.336. The monoisotopic (exact) mass is 344 g/mol. The highest BCUT2D eigenvalue weighted by Gasteiger charge is 2.46. The lowest BCUT2D eigenvalue weighted by Gasteiger charge is -2.48. The number of aromatic nitrogens is 1. The molecule has 22 heavy (non-hydrogen) atoms. The van der Waals surface area contributed by atoms with E-state index in [1.165, 1.54) is 31.3 Å². The molecule has 1 aliphatic heterocycles. The van der Waals surface area contributed by atoms with E-state index >= 15 is 0 Å². The number of nitrogens with zero attached hydrogens (tertiary/aromatic N) is 2. The average Bonchev–Trinajstić information content (AvgIpc) is 3.03. The minimum absolute atomic E-state index is 0.0919. The van der Waals surface area contributed by atoms with E-state index in [-0.39, 0.29) is 16.4 Å². The van der Waals surface area contributed by atoms with Crippen molar-refractivity contribution in [3.8, 4) is 0 Å². The van der Waals surface area contributed by atoms with Crippen LogP contribution in [-0.2, 0) is 9.47 Å². The van der Waals surface area contributed by atoms with E-state index < -0.39 is 5.97 Å². The van der Waals surface area contributed by atoms with Gasteiger partial charge in [0.2, 0.25) is 0 Å². The molecule has 1 aromatic rings. The van der Waals surface area contributed by atoms with Gasteiger partial charge in [0.05, 0.1) is 18.3 Å². The third kappa shape index (κ3) is 2.96. The van der Waals surface area contributed by atoms with Crippen LogP contribution in [0.5, 0.6) is 0 Å². The Morgan fingerprint density at radius 1 is 1.36 bits per heavy atom. The Kier molecular flexibility index (Phi) is 4.12. The molecule has 122 valence electrons. The molecule has 0 unspecified atom stereocenters. The molecule has 3 rings (SSSR count). The molecule has 1 saturated carbocycles. The second-order valence-corrected chi connectivity index (χ2v) is 8.05. The maximum atomic E-state index is 11.7. The van der Waals surface area contributed by atoms with Gasteiger partial charge in [-0.15, -0.1) is 0 Å². The molecule has 1 aromatic heterocycles. The predicted molar refractivity (Wildman–Crippen MR) is 87.0 cm³/mol. The number of hydrogen-bond donors (Lipinski definition) is 0. The van der Waals surface area contributed by atoms with Gasteiger partial charge in [0, 0.05) is 13.1 Å². The quantitative estimate of drug-likeness (QED) is 0.768. The second-order valence-electron chi connectivity index (χ2n) is 6.72. The van der Waals surface area contributed by atoms with Crippen LogP contribution in [0.4, 0.5) is 5.13 Å². The van der Waals surface area contributed by atoms with Crippen LogP contribution in [0.15, 0.2) is 0 Å². The number of carbonyl (C=O) groups excluding carboxylic acids is 1. The molecule has 7 heteroatoms. The van der Waals surface area contributed by atoms with E-state index in [4.69, 9.17) is 21.1 Å². The minimum Gasteiger partial charge on any atom is -0.465 e. The van der Waals surface area contributed by atoms with Crippen molar-refractivity contribution < 1.29 is 14.3 Å². The molecule has 0 aromatic carbocycles. The fourth-order valence-electron chi connectivity index (χ4n) is 3.57. The molecule has 1 saturated heterocycles. The third-order valence-electron chi connectivity index (χ3n) is 4.27. The standard InChI is InChI=1S/C15H21ClN2O3S/c1-14(2)8-18(9-15(21-14)6-4-5-7-15)13-17-11(16)10(22-13)12(19)20-3/h4-9H2,1-3H3. The molecule has 2 heterocycles. The van der Waals surface area contributed by atoms with Gasteiger partial charge < -0.3 is 14.4 Å². The highest BCUT2D eigenvalue weighted by atomic mass is 35.5. The summed E-state index contributed by atoms with van der Waals surface area (Å²) in [6.45, 7) is 5.76. The van der Waals surface area contributed by atoms with Gasteiger partial charge in [0.25, 0.3) is 0 Å². The SMILES string of the molecule is COC(=O)c1sc(N2CC(C)(C)OC3(CCCC3)C2)nc1Cl. The van der Waals surface area contributed by atoms with Crippen molar-refractivity contribution in [2.75, 3.05) is 25.1 Å². The number of rotatable bonds is 2. The first kappa shape index (κ1) is 16.0. The van der Waals surface area contributed by atoms with Crippen molar-refractivity contribution in [2.45, 2.75) is 50.7 Å². The van der Waals surface area contributed by atoms with E-state index in [1.54, 1.807) is 0 Å². The number of thiazole rings is 1. The number of halogens is 1. The number of carbonyl (C=O) groups is 1. The van der Waals surface area contributed by atoms with Gasteiger partial charge in [0.15, 0.2) is 15.2 Å². The Labute approximate surface area is 139 Å². The molecule has 2 aliphatic rings. The normalized spacial score (nSPS) is 23.0. The number of esters is 1. The molecule has 0 N–H and O–H groups in total. The number of hydrogen-bond acceptors (Lipinski definition) is 6. The largest absolute Gasteiger partial charge is 0.465 e. The molecular formula is C15H21ClN2O3S. The highest BCUT2D eigenvalue weighted by molar-refractivity contribution is 7.18. The molecule has 1 spiro atoms. The van der Waals surface area contributed by atoms with E-state index in [2.05, 4.69) is 23.7 Å². The molecule has 1 aliphatic carbocycles. The summed E-state index contributed by atoms with van der Waals surface area (Å²) in [6.07, 6.45) is 4.57. The number of methoxy groups -OCH3 is 1. The lowest BCUT2D eigenvalue weighted by molar-refractivity contribution is -0.148. The Morgan fingerprint density at radius 2 is 2.05 bits per heavy atom. The fraction of sp³-hybridized carbons (Fsp3) is 0.733. The first-order valence-electron chi connectivity index (χ1n) is 7.54. The van der Waals surface area contributed by atoms with Crippen molar-refractivity contribution in [2.24, 2.45) is 0 Å². The van der Waals surface area contributed by atoms with Crippen molar-refractivity contribution in [1.82, 2.24) is 4.98 Å².